The number of aromatic nitrogens is 1. The number of esters is 1. The van der Waals surface area contributed by atoms with Crippen LogP contribution in [0.4, 0.5) is 0 Å². The van der Waals surface area contributed by atoms with Gasteiger partial charge in [-0.1, -0.05) is 32.0 Å². The predicted octanol–water partition coefficient (Wildman–Crippen LogP) is 3.13. The molecule has 6 heteroatoms. The highest BCUT2D eigenvalue weighted by atomic mass is 16.5. The molecule has 1 heterocycles. The molecule has 6 nitrogen and oxygen atoms in total. The van der Waals surface area contributed by atoms with Gasteiger partial charge in [-0.05, 0) is 44.4 Å². The number of amides is 1. The summed E-state index contributed by atoms with van der Waals surface area (Å²) in [5.74, 6) is -1.40. The smallest absolute Gasteiger partial charge is 0.329 e. The maximum Gasteiger partial charge on any atom is 0.329 e. The summed E-state index contributed by atoms with van der Waals surface area (Å²) in [5, 5.41) is 2.73. The summed E-state index contributed by atoms with van der Waals surface area (Å²) < 4.78 is 7.15. The number of benzene rings is 1. The van der Waals surface area contributed by atoms with Gasteiger partial charge >= 0.3 is 5.97 Å². The van der Waals surface area contributed by atoms with Crippen LogP contribution in [0, 0.1) is 26.7 Å². The van der Waals surface area contributed by atoms with E-state index in [1.807, 2.05) is 58.4 Å². The van der Waals surface area contributed by atoms with Crippen molar-refractivity contribution in [1.29, 1.82) is 0 Å². The zero-order valence-corrected chi connectivity index (χ0v) is 17.3. The number of nitrogens with one attached hydrogen (secondary N) is 1. The van der Waals surface area contributed by atoms with Crippen molar-refractivity contribution in [3.8, 4) is 0 Å². The zero-order valence-electron chi connectivity index (χ0n) is 17.3. The molecule has 1 aromatic carbocycles. The Balaban J connectivity index is 2.05. The third kappa shape index (κ3) is 4.68. The second-order valence-electron chi connectivity index (χ2n) is 7.38. The fourth-order valence-corrected chi connectivity index (χ4v) is 2.99. The molecule has 1 N–H and O–H groups in total. The van der Waals surface area contributed by atoms with Gasteiger partial charge in [0.2, 0.25) is 5.78 Å². The molecular weight excluding hydrogens is 356 g/mol. The molecule has 2 aromatic rings. The second-order valence-corrected chi connectivity index (χ2v) is 7.38. The highest BCUT2D eigenvalue weighted by Gasteiger charge is 2.27. The van der Waals surface area contributed by atoms with Crippen LogP contribution in [-0.4, -0.2) is 34.9 Å². The normalized spacial score (nSPS) is 12.0. The van der Waals surface area contributed by atoms with Crippen molar-refractivity contribution in [3.63, 3.8) is 0 Å². The van der Waals surface area contributed by atoms with Crippen molar-refractivity contribution >= 4 is 17.7 Å². The van der Waals surface area contributed by atoms with E-state index in [0.29, 0.717) is 11.1 Å². The number of aryl methyl sites for hydroxylation is 2. The Kier molecular flexibility index (Phi) is 6.78. The van der Waals surface area contributed by atoms with Crippen LogP contribution in [0.25, 0.3) is 0 Å². The van der Waals surface area contributed by atoms with E-state index in [9.17, 15) is 14.4 Å². The Labute approximate surface area is 165 Å². The van der Waals surface area contributed by atoms with Crippen LogP contribution in [0.15, 0.2) is 30.3 Å². The SMILES string of the molecule is Cc1ccccc1C(=O)N[C@H](C(=O)OCC(=O)c1cc(C)n(C)c1C)C(C)C. The molecule has 0 unspecified atom stereocenters. The van der Waals surface area contributed by atoms with Crippen LogP contribution in [0.1, 0.15) is 51.5 Å². The molecule has 1 aromatic heterocycles. The third-order valence-corrected chi connectivity index (χ3v) is 5.02. The minimum atomic E-state index is -0.835. The van der Waals surface area contributed by atoms with Crippen molar-refractivity contribution in [2.75, 3.05) is 6.61 Å². The van der Waals surface area contributed by atoms with E-state index in [1.54, 1.807) is 18.2 Å². The van der Waals surface area contributed by atoms with Gasteiger partial charge in [-0.3, -0.25) is 9.59 Å². The average molecular weight is 384 g/mol. The number of ketones is 1. The van der Waals surface area contributed by atoms with Crippen molar-refractivity contribution in [3.05, 3.63) is 58.4 Å². The van der Waals surface area contributed by atoms with Gasteiger partial charge in [-0.15, -0.1) is 0 Å². The van der Waals surface area contributed by atoms with Gasteiger partial charge in [-0.25, -0.2) is 4.79 Å². The number of ether oxygens (including phenoxy) is 1. The minimum Gasteiger partial charge on any atom is -0.456 e. The van der Waals surface area contributed by atoms with Gasteiger partial charge in [0.05, 0.1) is 0 Å². The van der Waals surface area contributed by atoms with E-state index in [-0.39, 0.29) is 24.2 Å². The van der Waals surface area contributed by atoms with Crippen molar-refractivity contribution in [2.24, 2.45) is 13.0 Å². The number of carbonyl (C=O) groups excluding carboxylic acids is 3. The largest absolute Gasteiger partial charge is 0.456 e. The Morgan fingerprint density at radius 2 is 1.71 bits per heavy atom. The molecule has 0 spiro atoms. The van der Waals surface area contributed by atoms with E-state index in [0.717, 1.165) is 17.0 Å². The van der Waals surface area contributed by atoms with Crippen molar-refractivity contribution < 1.29 is 19.1 Å². The maximum atomic E-state index is 12.5. The molecule has 28 heavy (non-hydrogen) atoms. The first-order valence-electron chi connectivity index (χ1n) is 9.32. The maximum absolute atomic E-state index is 12.5. The summed E-state index contributed by atoms with van der Waals surface area (Å²) in [6, 6.07) is 8.11. The monoisotopic (exact) mass is 384 g/mol. The summed E-state index contributed by atoms with van der Waals surface area (Å²) in [6.07, 6.45) is 0. The molecule has 150 valence electrons. The zero-order chi connectivity index (χ0) is 21.0. The van der Waals surface area contributed by atoms with Crippen LogP contribution in [0.5, 0.6) is 0 Å². The lowest BCUT2D eigenvalue weighted by atomic mass is 10.0. The van der Waals surface area contributed by atoms with Crippen LogP contribution in [0.2, 0.25) is 0 Å². The molecule has 2 rings (SSSR count). The highest BCUT2D eigenvalue weighted by Crippen LogP contribution is 2.15. The van der Waals surface area contributed by atoms with E-state index in [1.165, 1.54) is 0 Å². The molecule has 1 atom stereocenters. The Morgan fingerprint density at radius 3 is 2.25 bits per heavy atom. The second kappa shape index (κ2) is 8.87. The minimum absolute atomic E-state index is 0.184. The molecule has 1 amide bonds. The topological polar surface area (TPSA) is 77.4 Å². The molecule has 0 aliphatic rings. The predicted molar refractivity (Wildman–Crippen MR) is 107 cm³/mol. The quantitative estimate of drug-likeness (QED) is 0.588. The van der Waals surface area contributed by atoms with E-state index < -0.39 is 12.0 Å². The number of hydrogen-bond donors (Lipinski definition) is 1. The van der Waals surface area contributed by atoms with Crippen LogP contribution in [0.3, 0.4) is 0 Å². The van der Waals surface area contributed by atoms with Crippen molar-refractivity contribution in [2.45, 2.75) is 40.7 Å². The first-order valence-corrected chi connectivity index (χ1v) is 9.32. The van der Waals surface area contributed by atoms with Crippen LogP contribution in [-0.2, 0) is 16.6 Å². The number of Topliss-reactive ketones (excluding diaryl/α,β-unsaturated/α-hetero) is 1. The van der Waals surface area contributed by atoms with Gasteiger partial charge in [0.1, 0.15) is 6.04 Å². The lowest BCUT2D eigenvalue weighted by Gasteiger charge is -2.21. The van der Waals surface area contributed by atoms with E-state index in [4.69, 9.17) is 4.74 Å². The number of nitrogens with zero attached hydrogens (tertiary/aromatic N) is 1. The van der Waals surface area contributed by atoms with Crippen LogP contribution < -0.4 is 5.32 Å². The third-order valence-electron chi connectivity index (χ3n) is 5.02. The van der Waals surface area contributed by atoms with Gasteiger partial charge in [-0.2, -0.15) is 0 Å². The molecule has 0 saturated carbocycles. The van der Waals surface area contributed by atoms with E-state index >= 15 is 0 Å². The number of carbonyl (C=O) groups is 3. The first kappa shape index (κ1) is 21.4. The fourth-order valence-electron chi connectivity index (χ4n) is 2.99. The summed E-state index contributed by atoms with van der Waals surface area (Å²) in [7, 11) is 1.88. The summed E-state index contributed by atoms with van der Waals surface area (Å²) in [5.41, 5.74) is 3.65. The van der Waals surface area contributed by atoms with Crippen LogP contribution >= 0.6 is 0 Å². The lowest BCUT2D eigenvalue weighted by Crippen LogP contribution is -2.45. The first-order chi connectivity index (χ1) is 13.1. The molecule has 0 saturated heterocycles. The van der Waals surface area contributed by atoms with Gasteiger partial charge in [0, 0.05) is 29.6 Å². The summed E-state index contributed by atoms with van der Waals surface area (Å²) in [6.45, 7) is 8.87. The summed E-state index contributed by atoms with van der Waals surface area (Å²) in [4.78, 5) is 37.5. The fraction of sp³-hybridized carbons (Fsp3) is 0.409. The molecular formula is C22H28N2O4. The molecule has 0 fully saturated rings. The molecule has 0 aliphatic carbocycles. The van der Waals surface area contributed by atoms with Gasteiger partial charge < -0.3 is 14.6 Å². The number of rotatable bonds is 7. The number of hydrogen-bond acceptors (Lipinski definition) is 4. The van der Waals surface area contributed by atoms with Gasteiger partial charge in [0.25, 0.3) is 5.91 Å². The standard InChI is InChI=1S/C22H28N2O4/c1-13(2)20(23-21(26)17-10-8-7-9-14(17)3)22(27)28-12-19(25)18-11-15(4)24(6)16(18)5/h7-11,13,20H,12H2,1-6H3,(H,23,26)/t20-/m0/s1. The molecule has 0 radical (unpaired) electrons. The average Bonchev–Trinajstić information content (AvgIpc) is 2.91. The highest BCUT2D eigenvalue weighted by molar-refractivity contribution is 6.00. The van der Waals surface area contributed by atoms with Gasteiger partial charge in [0.15, 0.2) is 6.61 Å². The molecule has 0 aliphatic heterocycles. The summed E-state index contributed by atoms with van der Waals surface area (Å²) >= 11 is 0. The Hall–Kier alpha value is -2.89. The lowest BCUT2D eigenvalue weighted by molar-refractivity contribution is -0.145. The van der Waals surface area contributed by atoms with Crippen molar-refractivity contribution in [1.82, 2.24) is 9.88 Å². The Morgan fingerprint density at radius 1 is 1.07 bits per heavy atom. The Bertz CT molecular complexity index is 896. The van der Waals surface area contributed by atoms with E-state index in [2.05, 4.69) is 5.32 Å². The molecule has 0 bridgehead atoms.